The SMILES string of the molecule is O=C1OC(=O)C2CC3C(CCC4C(=O)OC(=O)C43)CC12. The Bertz CT molecular complexity index is 532. The highest BCUT2D eigenvalue weighted by Crippen LogP contribution is 2.53. The second kappa shape index (κ2) is 3.90. The fourth-order valence-corrected chi connectivity index (χ4v) is 4.58. The predicted molar refractivity (Wildman–Crippen MR) is 61.6 cm³/mol. The van der Waals surface area contributed by atoms with Crippen molar-refractivity contribution in [1.29, 1.82) is 0 Å². The fraction of sp³-hybridized carbons (Fsp3) is 0.714. The molecular weight excluding hydrogens is 264 g/mol. The number of ether oxygens (including phenoxy) is 2. The van der Waals surface area contributed by atoms with E-state index in [4.69, 9.17) is 9.47 Å². The van der Waals surface area contributed by atoms with E-state index < -0.39 is 35.7 Å². The van der Waals surface area contributed by atoms with Gasteiger partial charge in [0.1, 0.15) is 0 Å². The first-order valence-electron chi connectivity index (χ1n) is 7.07. The average Bonchev–Trinajstić information content (AvgIpc) is 2.86. The number of hydrogen-bond donors (Lipinski definition) is 0. The van der Waals surface area contributed by atoms with Crippen molar-refractivity contribution in [2.75, 3.05) is 0 Å². The van der Waals surface area contributed by atoms with E-state index in [-0.39, 0.29) is 23.7 Å². The van der Waals surface area contributed by atoms with Crippen LogP contribution in [0.5, 0.6) is 0 Å². The highest BCUT2D eigenvalue weighted by atomic mass is 16.6. The van der Waals surface area contributed by atoms with Gasteiger partial charge in [-0.05, 0) is 37.5 Å². The van der Waals surface area contributed by atoms with Gasteiger partial charge in [0.2, 0.25) is 0 Å². The molecule has 106 valence electrons. The summed E-state index contributed by atoms with van der Waals surface area (Å²) in [5, 5.41) is 0. The van der Waals surface area contributed by atoms with Gasteiger partial charge in [-0.25, -0.2) is 0 Å². The zero-order chi connectivity index (χ0) is 14.0. The molecule has 4 rings (SSSR count). The van der Waals surface area contributed by atoms with Crippen LogP contribution in [0.25, 0.3) is 0 Å². The smallest absolute Gasteiger partial charge is 0.317 e. The molecule has 6 heteroatoms. The first-order valence-corrected chi connectivity index (χ1v) is 7.07. The number of carbonyl (C=O) groups is 4. The second-order valence-corrected chi connectivity index (χ2v) is 6.30. The van der Waals surface area contributed by atoms with Crippen LogP contribution in [0, 0.1) is 35.5 Å². The third-order valence-corrected chi connectivity index (χ3v) is 5.50. The van der Waals surface area contributed by atoms with Gasteiger partial charge in [-0.1, -0.05) is 0 Å². The minimum Gasteiger partial charge on any atom is -0.393 e. The van der Waals surface area contributed by atoms with E-state index >= 15 is 0 Å². The maximum absolute atomic E-state index is 11.9. The zero-order valence-electron chi connectivity index (χ0n) is 10.7. The van der Waals surface area contributed by atoms with Gasteiger partial charge in [-0.2, -0.15) is 0 Å². The predicted octanol–water partition coefficient (Wildman–Crippen LogP) is 0.438. The van der Waals surface area contributed by atoms with Crippen LogP contribution in [-0.4, -0.2) is 23.9 Å². The summed E-state index contributed by atoms with van der Waals surface area (Å²) in [6, 6.07) is 0. The van der Waals surface area contributed by atoms with E-state index in [1.807, 2.05) is 0 Å². The fourth-order valence-electron chi connectivity index (χ4n) is 4.58. The molecule has 4 aliphatic rings. The topological polar surface area (TPSA) is 86.7 Å². The molecule has 0 amide bonds. The Kier molecular flexibility index (Phi) is 2.35. The van der Waals surface area contributed by atoms with E-state index in [0.29, 0.717) is 19.3 Å². The maximum atomic E-state index is 11.9. The van der Waals surface area contributed by atoms with E-state index in [0.717, 1.165) is 6.42 Å². The summed E-state index contributed by atoms with van der Waals surface area (Å²) in [6.07, 6.45) is 2.49. The molecule has 0 aromatic carbocycles. The molecule has 0 aromatic heterocycles. The molecule has 2 heterocycles. The summed E-state index contributed by atoms with van der Waals surface area (Å²) in [5.74, 6) is -3.18. The summed E-state index contributed by atoms with van der Waals surface area (Å²) in [6.45, 7) is 0. The van der Waals surface area contributed by atoms with Crippen molar-refractivity contribution in [3.63, 3.8) is 0 Å². The van der Waals surface area contributed by atoms with E-state index in [9.17, 15) is 19.2 Å². The van der Waals surface area contributed by atoms with Crippen LogP contribution in [-0.2, 0) is 28.7 Å². The number of esters is 4. The molecule has 0 N–H and O–H groups in total. The molecular formula is C14H14O6. The van der Waals surface area contributed by atoms with Crippen molar-refractivity contribution in [2.24, 2.45) is 35.5 Å². The lowest BCUT2D eigenvalue weighted by atomic mass is 9.58. The first kappa shape index (κ1) is 12.1. The minimum atomic E-state index is -0.474. The van der Waals surface area contributed by atoms with Gasteiger partial charge in [0.25, 0.3) is 0 Å². The van der Waals surface area contributed by atoms with Crippen LogP contribution in [0.2, 0.25) is 0 Å². The standard InChI is InChI=1S/C14H14O6/c15-11-6-2-1-5-3-8-9(13(17)19-12(8)16)4-7(5)10(6)14(18)20-11/h5-10H,1-4H2. The van der Waals surface area contributed by atoms with E-state index in [1.165, 1.54) is 0 Å². The molecule has 6 unspecified atom stereocenters. The minimum absolute atomic E-state index is 0.0348. The highest BCUT2D eigenvalue weighted by Gasteiger charge is 2.59. The van der Waals surface area contributed by atoms with Crippen LogP contribution >= 0.6 is 0 Å². The molecule has 6 atom stereocenters. The molecule has 0 radical (unpaired) electrons. The highest BCUT2D eigenvalue weighted by molar-refractivity contribution is 5.98. The summed E-state index contributed by atoms with van der Waals surface area (Å²) in [7, 11) is 0. The Labute approximate surface area is 114 Å². The number of rotatable bonds is 0. The Hall–Kier alpha value is -1.72. The van der Waals surface area contributed by atoms with Gasteiger partial charge in [0.05, 0.1) is 23.7 Å². The van der Waals surface area contributed by atoms with Crippen molar-refractivity contribution in [3.05, 3.63) is 0 Å². The average molecular weight is 278 g/mol. The van der Waals surface area contributed by atoms with Crippen molar-refractivity contribution in [2.45, 2.75) is 25.7 Å². The van der Waals surface area contributed by atoms with E-state index in [1.54, 1.807) is 0 Å². The number of hydrogen-bond acceptors (Lipinski definition) is 6. The van der Waals surface area contributed by atoms with E-state index in [2.05, 4.69) is 0 Å². The van der Waals surface area contributed by atoms with Crippen molar-refractivity contribution in [3.8, 4) is 0 Å². The monoisotopic (exact) mass is 278 g/mol. The van der Waals surface area contributed by atoms with Crippen LogP contribution in [0.15, 0.2) is 0 Å². The lowest BCUT2D eigenvalue weighted by Gasteiger charge is -2.42. The third kappa shape index (κ3) is 1.45. The Morgan fingerprint density at radius 1 is 0.700 bits per heavy atom. The van der Waals surface area contributed by atoms with Crippen LogP contribution in [0.4, 0.5) is 0 Å². The van der Waals surface area contributed by atoms with Gasteiger partial charge in [0.15, 0.2) is 0 Å². The Morgan fingerprint density at radius 2 is 1.30 bits per heavy atom. The number of carbonyl (C=O) groups excluding carboxylic acids is 4. The molecule has 2 saturated heterocycles. The van der Waals surface area contributed by atoms with Crippen molar-refractivity contribution in [1.82, 2.24) is 0 Å². The quantitative estimate of drug-likeness (QED) is 0.472. The molecule has 4 fully saturated rings. The molecule has 2 aliphatic heterocycles. The maximum Gasteiger partial charge on any atom is 0.317 e. The number of fused-ring (bicyclic) bond motifs is 4. The number of cyclic esters (lactones) is 4. The molecule has 2 saturated carbocycles. The Balaban J connectivity index is 1.65. The first-order chi connectivity index (χ1) is 9.56. The van der Waals surface area contributed by atoms with Gasteiger partial charge in [-0.15, -0.1) is 0 Å². The van der Waals surface area contributed by atoms with Crippen LogP contribution < -0.4 is 0 Å². The van der Waals surface area contributed by atoms with Gasteiger partial charge >= 0.3 is 23.9 Å². The van der Waals surface area contributed by atoms with Gasteiger partial charge in [-0.3, -0.25) is 19.2 Å². The second-order valence-electron chi connectivity index (χ2n) is 6.30. The molecule has 6 nitrogen and oxygen atoms in total. The summed E-state index contributed by atoms with van der Waals surface area (Å²) in [5.41, 5.74) is 0. The molecule has 0 aromatic rings. The summed E-state index contributed by atoms with van der Waals surface area (Å²) < 4.78 is 9.47. The van der Waals surface area contributed by atoms with Crippen molar-refractivity contribution >= 4 is 23.9 Å². The molecule has 20 heavy (non-hydrogen) atoms. The Morgan fingerprint density at radius 3 is 2.05 bits per heavy atom. The van der Waals surface area contributed by atoms with Crippen molar-refractivity contribution < 1.29 is 28.7 Å². The molecule has 0 spiro atoms. The van der Waals surface area contributed by atoms with Crippen LogP contribution in [0.3, 0.4) is 0 Å². The zero-order valence-corrected chi connectivity index (χ0v) is 10.7. The van der Waals surface area contributed by atoms with Gasteiger partial charge in [0, 0.05) is 0 Å². The molecule has 0 bridgehead atoms. The lowest BCUT2D eigenvalue weighted by molar-refractivity contribution is -0.156. The summed E-state index contributed by atoms with van der Waals surface area (Å²) in [4.78, 5) is 46.9. The largest absolute Gasteiger partial charge is 0.393 e. The normalized spacial score (nSPS) is 46.4. The summed E-state index contributed by atoms with van der Waals surface area (Å²) >= 11 is 0. The third-order valence-electron chi connectivity index (χ3n) is 5.50. The molecule has 2 aliphatic carbocycles. The van der Waals surface area contributed by atoms with Crippen LogP contribution in [0.1, 0.15) is 25.7 Å². The van der Waals surface area contributed by atoms with Gasteiger partial charge < -0.3 is 9.47 Å². The lowest BCUT2D eigenvalue weighted by Crippen LogP contribution is -2.43.